The fourth-order valence-electron chi connectivity index (χ4n) is 1.79. The van der Waals surface area contributed by atoms with Crippen LogP contribution in [0.1, 0.15) is 12.0 Å². The minimum atomic E-state index is -0.965. The third-order valence-electron chi connectivity index (χ3n) is 2.92. The van der Waals surface area contributed by atoms with Gasteiger partial charge < -0.3 is 10.4 Å². The van der Waals surface area contributed by atoms with Gasteiger partial charge in [0.05, 0.1) is 16.3 Å². The second-order valence-corrected chi connectivity index (χ2v) is 5.16. The van der Waals surface area contributed by atoms with Crippen LogP contribution in [-0.2, 0) is 9.59 Å². The third kappa shape index (κ3) is 2.53. The Kier molecular flexibility index (Phi) is 3.38. The van der Waals surface area contributed by atoms with Gasteiger partial charge in [0.2, 0.25) is 5.91 Å². The van der Waals surface area contributed by atoms with Crippen LogP contribution in [0.3, 0.4) is 0 Å². The van der Waals surface area contributed by atoms with Crippen molar-refractivity contribution in [3.63, 3.8) is 0 Å². The van der Waals surface area contributed by atoms with E-state index in [1.807, 2.05) is 0 Å². The number of benzene rings is 1. The molecule has 4 nitrogen and oxygen atoms in total. The van der Waals surface area contributed by atoms with Gasteiger partial charge >= 0.3 is 5.97 Å². The lowest BCUT2D eigenvalue weighted by molar-refractivity contribution is -0.139. The molecule has 1 saturated carbocycles. The number of anilines is 1. The average Bonchev–Trinajstić information content (AvgIpc) is 3.05. The first-order chi connectivity index (χ1) is 8.40. The third-order valence-corrected chi connectivity index (χ3v) is 3.93. The average molecular weight is 316 g/mol. The smallest absolute Gasteiger partial charge is 0.307 e. The first-order valence-electron chi connectivity index (χ1n) is 5.39. The predicted octanol–water partition coefficient (Wildman–Crippen LogP) is 2.56. The zero-order valence-electron chi connectivity index (χ0n) is 9.54. The number of carbonyl (C=O) groups is 2. The van der Waals surface area contributed by atoms with E-state index in [-0.39, 0.29) is 5.91 Å². The van der Waals surface area contributed by atoms with Crippen LogP contribution in [0.25, 0.3) is 0 Å². The summed E-state index contributed by atoms with van der Waals surface area (Å²) < 4.78 is 13.8. The Balaban J connectivity index is 2.07. The number of carboxylic acids is 1. The minimum absolute atomic E-state index is 0.342. The maximum Gasteiger partial charge on any atom is 0.307 e. The summed E-state index contributed by atoms with van der Waals surface area (Å²) in [5.41, 5.74) is 1.00. The molecule has 2 atom stereocenters. The SMILES string of the molecule is Cc1cc(NC(=O)[C@@H]2C[C@@H]2C(=O)O)cc(F)c1Br. The molecule has 1 aliphatic carbocycles. The van der Waals surface area contributed by atoms with Gasteiger partial charge in [-0.15, -0.1) is 0 Å². The van der Waals surface area contributed by atoms with E-state index in [0.29, 0.717) is 22.1 Å². The summed E-state index contributed by atoms with van der Waals surface area (Å²) in [5.74, 6) is -2.91. The van der Waals surface area contributed by atoms with Crippen LogP contribution in [-0.4, -0.2) is 17.0 Å². The van der Waals surface area contributed by atoms with Crippen molar-refractivity contribution in [1.29, 1.82) is 0 Å². The van der Waals surface area contributed by atoms with Crippen LogP contribution in [0.5, 0.6) is 0 Å². The van der Waals surface area contributed by atoms with Crippen molar-refractivity contribution >= 4 is 33.5 Å². The van der Waals surface area contributed by atoms with Gasteiger partial charge in [-0.2, -0.15) is 0 Å². The Morgan fingerprint density at radius 2 is 2.11 bits per heavy atom. The van der Waals surface area contributed by atoms with Crippen LogP contribution < -0.4 is 5.32 Å². The second kappa shape index (κ2) is 4.68. The van der Waals surface area contributed by atoms with Gasteiger partial charge in [0, 0.05) is 5.69 Å². The number of halogens is 2. The first-order valence-corrected chi connectivity index (χ1v) is 6.18. The summed E-state index contributed by atoms with van der Waals surface area (Å²) in [6.45, 7) is 1.71. The van der Waals surface area contributed by atoms with Crippen molar-refractivity contribution in [2.45, 2.75) is 13.3 Å². The van der Waals surface area contributed by atoms with Crippen LogP contribution in [0.4, 0.5) is 10.1 Å². The molecule has 0 saturated heterocycles. The van der Waals surface area contributed by atoms with Crippen molar-refractivity contribution in [2.24, 2.45) is 11.8 Å². The molecule has 0 aliphatic heterocycles. The number of amides is 1. The summed E-state index contributed by atoms with van der Waals surface area (Å²) in [6.07, 6.45) is 0.346. The van der Waals surface area contributed by atoms with E-state index in [4.69, 9.17) is 5.11 Å². The molecule has 1 aromatic rings. The number of carbonyl (C=O) groups excluding carboxylic acids is 1. The Labute approximate surface area is 111 Å². The number of hydrogen-bond acceptors (Lipinski definition) is 2. The molecule has 0 unspecified atom stereocenters. The van der Waals surface area contributed by atoms with Crippen molar-refractivity contribution in [1.82, 2.24) is 0 Å². The highest BCUT2D eigenvalue weighted by atomic mass is 79.9. The molecule has 2 rings (SSSR count). The van der Waals surface area contributed by atoms with E-state index in [1.165, 1.54) is 6.07 Å². The standard InChI is InChI=1S/C12H11BrFNO3/c1-5-2-6(3-9(14)10(5)13)15-11(16)7-4-8(7)12(17)18/h2-3,7-8H,4H2,1H3,(H,15,16)(H,17,18)/t7-,8+/m1/s1. The lowest BCUT2D eigenvalue weighted by Gasteiger charge is -2.07. The van der Waals surface area contributed by atoms with Gasteiger partial charge in [-0.3, -0.25) is 9.59 Å². The lowest BCUT2D eigenvalue weighted by Crippen LogP contribution is -2.17. The molecule has 0 bridgehead atoms. The highest BCUT2D eigenvalue weighted by molar-refractivity contribution is 9.10. The van der Waals surface area contributed by atoms with Gasteiger partial charge in [0.1, 0.15) is 5.82 Å². The summed E-state index contributed by atoms with van der Waals surface area (Å²) in [4.78, 5) is 22.3. The van der Waals surface area contributed by atoms with Crippen molar-refractivity contribution in [3.05, 3.63) is 28.0 Å². The van der Waals surface area contributed by atoms with Gasteiger partial charge in [-0.05, 0) is 47.0 Å². The number of aliphatic carboxylic acids is 1. The van der Waals surface area contributed by atoms with E-state index >= 15 is 0 Å². The number of hydrogen-bond donors (Lipinski definition) is 2. The van der Waals surface area contributed by atoms with Crippen molar-refractivity contribution in [2.75, 3.05) is 5.32 Å². The van der Waals surface area contributed by atoms with E-state index in [9.17, 15) is 14.0 Å². The highest BCUT2D eigenvalue weighted by Crippen LogP contribution is 2.39. The van der Waals surface area contributed by atoms with Crippen molar-refractivity contribution < 1.29 is 19.1 Å². The molecule has 0 spiro atoms. The van der Waals surface area contributed by atoms with Gasteiger partial charge in [0.25, 0.3) is 0 Å². The topological polar surface area (TPSA) is 66.4 Å². The number of rotatable bonds is 3. The molecule has 1 aromatic carbocycles. The van der Waals surface area contributed by atoms with Crippen molar-refractivity contribution in [3.8, 4) is 0 Å². The molecule has 6 heteroatoms. The molecule has 1 aliphatic rings. The zero-order chi connectivity index (χ0) is 13.4. The molecule has 0 aromatic heterocycles. The summed E-state index contributed by atoms with van der Waals surface area (Å²) in [5, 5.41) is 11.3. The van der Waals surface area contributed by atoms with E-state index in [1.54, 1.807) is 13.0 Å². The van der Waals surface area contributed by atoms with Gasteiger partial charge in [-0.25, -0.2) is 4.39 Å². The van der Waals surface area contributed by atoms with Crippen LogP contribution in [0.2, 0.25) is 0 Å². The van der Waals surface area contributed by atoms with E-state index in [0.717, 1.165) is 0 Å². The Morgan fingerprint density at radius 3 is 2.61 bits per heavy atom. The van der Waals surface area contributed by atoms with Crippen LogP contribution in [0.15, 0.2) is 16.6 Å². The normalized spacial score (nSPS) is 21.5. The maximum absolute atomic E-state index is 13.4. The number of nitrogens with one attached hydrogen (secondary N) is 1. The first kappa shape index (κ1) is 13.0. The highest BCUT2D eigenvalue weighted by Gasteiger charge is 2.48. The molecule has 2 N–H and O–H groups in total. The molecule has 0 radical (unpaired) electrons. The maximum atomic E-state index is 13.4. The summed E-state index contributed by atoms with van der Waals surface area (Å²) in [7, 11) is 0. The van der Waals surface area contributed by atoms with Gasteiger partial charge in [-0.1, -0.05) is 0 Å². The quantitative estimate of drug-likeness (QED) is 0.900. The molecular weight excluding hydrogens is 305 g/mol. The zero-order valence-corrected chi connectivity index (χ0v) is 11.1. The van der Waals surface area contributed by atoms with Crippen LogP contribution >= 0.6 is 15.9 Å². The summed E-state index contributed by atoms with van der Waals surface area (Å²) in [6, 6.07) is 2.83. The molecule has 1 fully saturated rings. The van der Waals surface area contributed by atoms with E-state index in [2.05, 4.69) is 21.2 Å². The monoisotopic (exact) mass is 315 g/mol. The summed E-state index contributed by atoms with van der Waals surface area (Å²) >= 11 is 3.08. The molecule has 18 heavy (non-hydrogen) atoms. The second-order valence-electron chi connectivity index (χ2n) is 4.37. The number of aryl methyl sites for hydroxylation is 1. The molecule has 1 amide bonds. The molecule has 96 valence electrons. The fourth-order valence-corrected chi connectivity index (χ4v) is 2.02. The molecular formula is C12H11BrFNO3. The fraction of sp³-hybridized carbons (Fsp3) is 0.333. The largest absolute Gasteiger partial charge is 0.481 e. The molecule has 0 heterocycles. The van der Waals surface area contributed by atoms with Crippen LogP contribution in [0, 0.1) is 24.6 Å². The Bertz CT molecular complexity index is 509. The minimum Gasteiger partial charge on any atom is -0.481 e. The Morgan fingerprint density at radius 1 is 1.44 bits per heavy atom. The number of carboxylic acid groups (broad SMARTS) is 1. The van der Waals surface area contributed by atoms with Gasteiger partial charge in [0.15, 0.2) is 0 Å². The van der Waals surface area contributed by atoms with E-state index < -0.39 is 23.6 Å². The predicted molar refractivity (Wildman–Crippen MR) is 66.7 cm³/mol. The lowest BCUT2D eigenvalue weighted by atomic mass is 10.2. The Hall–Kier alpha value is -1.43.